The van der Waals surface area contributed by atoms with Crippen LogP contribution >= 0.6 is 0 Å². The van der Waals surface area contributed by atoms with Crippen LogP contribution < -0.4 is 5.73 Å². The molecule has 3 nitrogen and oxygen atoms in total. The van der Waals surface area contributed by atoms with E-state index in [0.29, 0.717) is 11.8 Å². The van der Waals surface area contributed by atoms with Crippen LogP contribution in [0.4, 0.5) is 5.82 Å². The summed E-state index contributed by atoms with van der Waals surface area (Å²) in [6.45, 7) is 11.0. The van der Waals surface area contributed by atoms with Gasteiger partial charge >= 0.3 is 0 Å². The molecule has 1 aromatic rings. The molecule has 1 unspecified atom stereocenters. The molecule has 1 saturated carbocycles. The maximum atomic E-state index is 6.33. The summed E-state index contributed by atoms with van der Waals surface area (Å²) in [5.74, 6) is 3.20. The third kappa shape index (κ3) is 2.20. The van der Waals surface area contributed by atoms with Gasteiger partial charge < -0.3 is 10.3 Å². The summed E-state index contributed by atoms with van der Waals surface area (Å²) in [7, 11) is 0. The molecule has 96 valence electrons. The molecule has 0 aliphatic heterocycles. The van der Waals surface area contributed by atoms with Crippen molar-refractivity contribution in [3.8, 4) is 0 Å². The molecule has 1 aliphatic rings. The summed E-state index contributed by atoms with van der Waals surface area (Å²) in [6, 6.07) is 0. The molecule has 1 fully saturated rings. The third-order valence-corrected chi connectivity index (χ3v) is 3.66. The lowest BCUT2D eigenvalue weighted by molar-refractivity contribution is 0.388. The Balaban J connectivity index is 2.51. The largest absolute Gasteiger partial charge is 0.384 e. The molecule has 17 heavy (non-hydrogen) atoms. The number of aromatic nitrogens is 2. The molecule has 0 radical (unpaired) electrons. The lowest BCUT2D eigenvalue weighted by atomic mass is 10.0. The minimum Gasteiger partial charge on any atom is -0.384 e. The van der Waals surface area contributed by atoms with E-state index in [2.05, 4.69) is 39.2 Å². The van der Waals surface area contributed by atoms with E-state index >= 15 is 0 Å². The summed E-state index contributed by atoms with van der Waals surface area (Å²) in [5, 5.41) is 0. The fraction of sp³-hybridized carbons (Fsp3) is 0.786. The molecule has 1 aliphatic carbocycles. The van der Waals surface area contributed by atoms with Gasteiger partial charge in [0, 0.05) is 17.4 Å². The number of hydrogen-bond donors (Lipinski definition) is 1. The van der Waals surface area contributed by atoms with Crippen LogP contribution in [0, 0.1) is 0 Å². The van der Waals surface area contributed by atoms with Crippen molar-refractivity contribution in [3.63, 3.8) is 0 Å². The molecule has 0 amide bonds. The Labute approximate surface area is 104 Å². The zero-order valence-electron chi connectivity index (χ0n) is 11.7. The topological polar surface area (TPSA) is 43.8 Å². The molecule has 1 heterocycles. The number of nitrogens with two attached hydrogens (primary N) is 1. The predicted molar refractivity (Wildman–Crippen MR) is 72.3 cm³/mol. The number of nitrogen functional groups attached to an aromatic ring is 1. The average molecular weight is 235 g/mol. The van der Waals surface area contributed by atoms with Gasteiger partial charge in [0.1, 0.15) is 11.6 Å². The quantitative estimate of drug-likeness (QED) is 0.869. The van der Waals surface area contributed by atoms with Crippen LogP contribution in [-0.2, 0) is 5.54 Å². The summed E-state index contributed by atoms with van der Waals surface area (Å²) in [4.78, 5) is 4.85. The van der Waals surface area contributed by atoms with E-state index in [1.165, 1.54) is 18.7 Å². The summed E-state index contributed by atoms with van der Waals surface area (Å²) < 4.78 is 2.26. The number of anilines is 1. The van der Waals surface area contributed by atoms with E-state index in [-0.39, 0.29) is 5.54 Å². The smallest absolute Gasteiger partial charge is 0.127 e. The van der Waals surface area contributed by atoms with E-state index in [0.717, 1.165) is 17.9 Å². The lowest BCUT2D eigenvalue weighted by Gasteiger charge is -2.25. The van der Waals surface area contributed by atoms with Crippen molar-refractivity contribution in [1.29, 1.82) is 0 Å². The van der Waals surface area contributed by atoms with Crippen molar-refractivity contribution in [3.05, 3.63) is 11.5 Å². The fourth-order valence-electron chi connectivity index (χ4n) is 2.35. The first-order chi connectivity index (χ1) is 7.86. The molecule has 0 saturated heterocycles. The van der Waals surface area contributed by atoms with Gasteiger partial charge in [-0.15, -0.1) is 0 Å². The van der Waals surface area contributed by atoms with Crippen molar-refractivity contribution in [1.82, 2.24) is 9.55 Å². The van der Waals surface area contributed by atoms with Crippen LogP contribution in [0.1, 0.15) is 77.2 Å². The van der Waals surface area contributed by atoms with E-state index in [1.807, 2.05) is 0 Å². The van der Waals surface area contributed by atoms with Gasteiger partial charge in [-0.1, -0.05) is 13.8 Å². The lowest BCUT2D eigenvalue weighted by Crippen LogP contribution is -2.25. The Hall–Kier alpha value is -0.990. The minimum atomic E-state index is 0.0285. The van der Waals surface area contributed by atoms with Crippen molar-refractivity contribution in [2.24, 2.45) is 0 Å². The van der Waals surface area contributed by atoms with E-state index in [4.69, 9.17) is 10.7 Å². The van der Waals surface area contributed by atoms with Crippen LogP contribution in [0.5, 0.6) is 0 Å². The standard InChI is InChI=1S/C14H25N3/c1-6-9(2)11-12(15)17(14(3,4)5)13(16-11)10-7-8-10/h9-10H,6-8,15H2,1-5H3. The van der Waals surface area contributed by atoms with E-state index in [1.54, 1.807) is 0 Å². The van der Waals surface area contributed by atoms with Crippen molar-refractivity contribution in [2.75, 3.05) is 5.73 Å². The normalized spacial score (nSPS) is 18.4. The van der Waals surface area contributed by atoms with Gasteiger partial charge in [-0.05, 0) is 40.0 Å². The Kier molecular flexibility index (Phi) is 2.96. The highest BCUT2D eigenvalue weighted by Gasteiger charge is 2.34. The first-order valence-corrected chi connectivity index (χ1v) is 6.74. The number of rotatable bonds is 3. The second kappa shape index (κ2) is 4.04. The zero-order valence-corrected chi connectivity index (χ0v) is 11.7. The Bertz CT molecular complexity index is 408. The Morgan fingerprint density at radius 2 is 2.00 bits per heavy atom. The van der Waals surface area contributed by atoms with Crippen molar-refractivity contribution >= 4 is 5.82 Å². The molecular formula is C14H25N3. The predicted octanol–water partition coefficient (Wildman–Crippen LogP) is 3.61. The maximum Gasteiger partial charge on any atom is 0.127 e. The molecule has 0 bridgehead atoms. The van der Waals surface area contributed by atoms with Crippen molar-refractivity contribution in [2.45, 2.75) is 71.3 Å². The van der Waals surface area contributed by atoms with Crippen molar-refractivity contribution < 1.29 is 0 Å². The van der Waals surface area contributed by atoms with Crippen LogP contribution in [0.2, 0.25) is 0 Å². The molecule has 0 spiro atoms. The second-order valence-corrected chi connectivity index (χ2v) is 6.33. The molecule has 2 N–H and O–H groups in total. The number of nitrogens with zero attached hydrogens (tertiary/aromatic N) is 2. The van der Waals surface area contributed by atoms with E-state index < -0.39 is 0 Å². The van der Waals surface area contributed by atoms with Crippen LogP contribution in [-0.4, -0.2) is 9.55 Å². The summed E-state index contributed by atoms with van der Waals surface area (Å²) >= 11 is 0. The highest BCUT2D eigenvalue weighted by Crippen LogP contribution is 2.43. The van der Waals surface area contributed by atoms with Crippen LogP contribution in [0.15, 0.2) is 0 Å². The Morgan fingerprint density at radius 1 is 1.41 bits per heavy atom. The Morgan fingerprint density at radius 3 is 2.41 bits per heavy atom. The minimum absolute atomic E-state index is 0.0285. The monoisotopic (exact) mass is 235 g/mol. The van der Waals surface area contributed by atoms with E-state index in [9.17, 15) is 0 Å². The molecule has 1 aromatic heterocycles. The van der Waals surface area contributed by atoms with Gasteiger partial charge in [0.2, 0.25) is 0 Å². The second-order valence-electron chi connectivity index (χ2n) is 6.33. The van der Waals surface area contributed by atoms with Crippen LogP contribution in [0.25, 0.3) is 0 Å². The van der Waals surface area contributed by atoms with Gasteiger partial charge in [0.15, 0.2) is 0 Å². The first kappa shape index (κ1) is 12.5. The summed E-state index contributed by atoms with van der Waals surface area (Å²) in [6.07, 6.45) is 3.63. The van der Waals surface area contributed by atoms with Crippen LogP contribution in [0.3, 0.4) is 0 Å². The van der Waals surface area contributed by atoms with Gasteiger partial charge in [-0.3, -0.25) is 0 Å². The molecule has 0 aromatic carbocycles. The maximum absolute atomic E-state index is 6.33. The first-order valence-electron chi connectivity index (χ1n) is 6.74. The molecular weight excluding hydrogens is 210 g/mol. The average Bonchev–Trinajstić information content (AvgIpc) is 3.00. The highest BCUT2D eigenvalue weighted by atomic mass is 15.2. The van der Waals surface area contributed by atoms with Gasteiger partial charge in [-0.25, -0.2) is 4.98 Å². The fourth-order valence-corrected chi connectivity index (χ4v) is 2.35. The van der Waals surface area contributed by atoms with Gasteiger partial charge in [0.05, 0.1) is 5.69 Å². The molecule has 3 heteroatoms. The summed E-state index contributed by atoms with van der Waals surface area (Å²) in [5.41, 5.74) is 7.46. The molecule has 1 atom stereocenters. The third-order valence-electron chi connectivity index (χ3n) is 3.66. The number of hydrogen-bond acceptors (Lipinski definition) is 2. The highest BCUT2D eigenvalue weighted by molar-refractivity contribution is 5.43. The van der Waals surface area contributed by atoms with Gasteiger partial charge in [-0.2, -0.15) is 0 Å². The molecule has 2 rings (SSSR count). The SMILES string of the molecule is CCC(C)c1nc(C2CC2)n(C(C)(C)C)c1N. The zero-order chi connectivity index (χ0) is 12.8. The number of imidazole rings is 1. The van der Waals surface area contributed by atoms with Gasteiger partial charge in [0.25, 0.3) is 0 Å².